The smallest absolute Gasteiger partial charge is 0.305 e. The minimum Gasteiger partial charge on any atom is -0.466 e. The molecule has 1 amide bonds. The van der Waals surface area contributed by atoms with Gasteiger partial charge in [-0.15, -0.1) is 0 Å². The van der Waals surface area contributed by atoms with Crippen LogP contribution in [0.4, 0.5) is 0 Å². The van der Waals surface area contributed by atoms with E-state index in [-0.39, 0.29) is 18.5 Å². The summed E-state index contributed by atoms with van der Waals surface area (Å²) in [5, 5.41) is 23.1. The Labute approximate surface area is 354 Å². The summed E-state index contributed by atoms with van der Waals surface area (Å²) in [6.45, 7) is 4.82. The highest BCUT2D eigenvalue weighted by molar-refractivity contribution is 5.76. The van der Waals surface area contributed by atoms with E-state index in [1.165, 1.54) is 180 Å². The second-order valence-corrected chi connectivity index (χ2v) is 17.1. The third-order valence-electron chi connectivity index (χ3n) is 11.5. The third-order valence-corrected chi connectivity index (χ3v) is 11.5. The molecule has 2 atom stereocenters. The SMILES string of the molecule is CCCCC/C=C\CCCCCCCC(=O)OCCCCCCCCCCCCC(=O)NC(CO)C(O)/C=C/CCCCCCCCCCCCCCCCCC. The lowest BCUT2D eigenvalue weighted by atomic mass is 10.0. The molecular formula is C51H97NO5. The van der Waals surface area contributed by atoms with Crippen LogP contribution in [-0.4, -0.2) is 47.4 Å². The molecule has 0 bridgehead atoms. The van der Waals surface area contributed by atoms with E-state index in [1.54, 1.807) is 6.08 Å². The average molecular weight is 804 g/mol. The maximum Gasteiger partial charge on any atom is 0.305 e. The summed E-state index contributed by atoms with van der Waals surface area (Å²) in [7, 11) is 0. The lowest BCUT2D eigenvalue weighted by molar-refractivity contribution is -0.143. The molecule has 0 aliphatic heterocycles. The molecule has 0 aromatic carbocycles. The van der Waals surface area contributed by atoms with Gasteiger partial charge in [0.15, 0.2) is 0 Å². The standard InChI is InChI=1S/C51H97NO5/c1-3-5-7-9-11-13-15-17-18-19-20-21-22-23-27-31-35-39-43-49(54)48(47-53)52-50(55)44-40-36-32-28-25-26-30-34-38-42-46-57-51(56)45-41-37-33-29-24-16-14-12-10-8-6-4-2/h12,14,39,43,48-49,53-54H,3-11,13,15-38,40-42,44-47H2,1-2H3,(H,52,55)/b14-12-,43-39+. The van der Waals surface area contributed by atoms with Crippen molar-refractivity contribution in [3.63, 3.8) is 0 Å². The summed E-state index contributed by atoms with van der Waals surface area (Å²) in [6.07, 6.45) is 54.5. The minimum absolute atomic E-state index is 0.0310. The van der Waals surface area contributed by atoms with E-state index in [9.17, 15) is 19.8 Å². The molecule has 0 aliphatic carbocycles. The number of esters is 1. The molecule has 0 saturated heterocycles. The first-order valence-electron chi connectivity index (χ1n) is 25.1. The summed E-state index contributed by atoms with van der Waals surface area (Å²) in [4.78, 5) is 24.4. The number of nitrogens with one attached hydrogen (secondary N) is 1. The summed E-state index contributed by atoms with van der Waals surface area (Å²) in [5.41, 5.74) is 0. The van der Waals surface area contributed by atoms with Crippen LogP contribution in [0.3, 0.4) is 0 Å². The number of carbonyl (C=O) groups excluding carboxylic acids is 2. The van der Waals surface area contributed by atoms with E-state index < -0.39 is 12.1 Å². The van der Waals surface area contributed by atoms with Crippen molar-refractivity contribution in [3.8, 4) is 0 Å². The lowest BCUT2D eigenvalue weighted by Crippen LogP contribution is -2.45. The van der Waals surface area contributed by atoms with Crippen LogP contribution in [0.15, 0.2) is 24.3 Å². The highest BCUT2D eigenvalue weighted by Gasteiger charge is 2.18. The van der Waals surface area contributed by atoms with Gasteiger partial charge in [0.25, 0.3) is 0 Å². The zero-order chi connectivity index (χ0) is 41.5. The Balaban J connectivity index is 3.54. The summed E-state index contributed by atoms with van der Waals surface area (Å²) < 4.78 is 5.43. The predicted molar refractivity (Wildman–Crippen MR) is 246 cm³/mol. The van der Waals surface area contributed by atoms with Crippen LogP contribution < -0.4 is 5.32 Å². The number of amides is 1. The van der Waals surface area contributed by atoms with Gasteiger partial charge in [0.1, 0.15) is 0 Å². The molecular weight excluding hydrogens is 707 g/mol. The highest BCUT2D eigenvalue weighted by atomic mass is 16.5. The molecule has 336 valence electrons. The van der Waals surface area contributed by atoms with Crippen molar-refractivity contribution in [2.24, 2.45) is 0 Å². The average Bonchev–Trinajstić information content (AvgIpc) is 3.21. The van der Waals surface area contributed by atoms with Crippen molar-refractivity contribution in [2.45, 2.75) is 276 Å². The number of carbonyl (C=O) groups is 2. The molecule has 0 rings (SSSR count). The highest BCUT2D eigenvalue weighted by Crippen LogP contribution is 2.16. The van der Waals surface area contributed by atoms with E-state index in [0.29, 0.717) is 19.4 Å². The van der Waals surface area contributed by atoms with E-state index in [4.69, 9.17) is 4.74 Å². The molecule has 0 aromatic heterocycles. The van der Waals surface area contributed by atoms with Gasteiger partial charge >= 0.3 is 5.97 Å². The maximum absolute atomic E-state index is 12.4. The molecule has 0 spiro atoms. The topological polar surface area (TPSA) is 95.9 Å². The van der Waals surface area contributed by atoms with Crippen LogP contribution in [0.5, 0.6) is 0 Å². The van der Waals surface area contributed by atoms with Gasteiger partial charge in [-0.1, -0.05) is 218 Å². The quantitative estimate of drug-likeness (QED) is 0.0324. The lowest BCUT2D eigenvalue weighted by Gasteiger charge is -2.20. The van der Waals surface area contributed by atoms with Crippen molar-refractivity contribution >= 4 is 11.9 Å². The van der Waals surface area contributed by atoms with Gasteiger partial charge in [-0.05, 0) is 57.8 Å². The monoisotopic (exact) mass is 804 g/mol. The number of aliphatic hydroxyl groups is 2. The van der Waals surface area contributed by atoms with Gasteiger partial charge in [0, 0.05) is 12.8 Å². The molecule has 0 saturated carbocycles. The fraction of sp³-hybridized carbons (Fsp3) is 0.882. The summed E-state index contributed by atoms with van der Waals surface area (Å²) in [5.74, 6) is -0.121. The first kappa shape index (κ1) is 55.3. The fourth-order valence-corrected chi connectivity index (χ4v) is 7.57. The molecule has 0 aromatic rings. The van der Waals surface area contributed by atoms with Gasteiger partial charge < -0.3 is 20.3 Å². The third kappa shape index (κ3) is 43.7. The van der Waals surface area contributed by atoms with Crippen LogP contribution in [0.25, 0.3) is 0 Å². The zero-order valence-electron chi connectivity index (χ0n) is 38.1. The molecule has 0 radical (unpaired) electrons. The first-order valence-corrected chi connectivity index (χ1v) is 25.1. The Morgan fingerprint density at radius 1 is 0.474 bits per heavy atom. The Kier molecular flexibility index (Phi) is 45.7. The van der Waals surface area contributed by atoms with E-state index in [1.807, 2.05) is 6.08 Å². The van der Waals surface area contributed by atoms with Crippen LogP contribution in [0, 0.1) is 0 Å². The molecule has 6 nitrogen and oxygen atoms in total. The molecule has 2 unspecified atom stereocenters. The fourth-order valence-electron chi connectivity index (χ4n) is 7.57. The first-order chi connectivity index (χ1) is 28.0. The number of ether oxygens (including phenoxy) is 1. The Hall–Kier alpha value is -1.66. The molecule has 6 heteroatoms. The molecule has 3 N–H and O–H groups in total. The number of hydrogen-bond acceptors (Lipinski definition) is 5. The normalized spacial score (nSPS) is 12.8. The number of unbranched alkanes of at least 4 members (excludes halogenated alkanes) is 33. The molecule has 0 aliphatic rings. The van der Waals surface area contributed by atoms with Crippen LogP contribution in [0.2, 0.25) is 0 Å². The van der Waals surface area contributed by atoms with E-state index in [2.05, 4.69) is 31.3 Å². The second kappa shape index (κ2) is 47.0. The minimum atomic E-state index is -0.859. The van der Waals surface area contributed by atoms with Gasteiger partial charge in [0.05, 0.1) is 25.4 Å². The zero-order valence-corrected chi connectivity index (χ0v) is 38.1. The Morgan fingerprint density at radius 3 is 1.28 bits per heavy atom. The maximum atomic E-state index is 12.4. The van der Waals surface area contributed by atoms with Crippen molar-refractivity contribution in [1.29, 1.82) is 0 Å². The second-order valence-electron chi connectivity index (χ2n) is 17.1. The van der Waals surface area contributed by atoms with Gasteiger partial charge in [-0.25, -0.2) is 0 Å². The van der Waals surface area contributed by atoms with Crippen molar-refractivity contribution in [3.05, 3.63) is 24.3 Å². The Bertz CT molecular complexity index is 889. The predicted octanol–water partition coefficient (Wildman–Crippen LogP) is 14.7. The number of aliphatic hydroxyl groups excluding tert-OH is 2. The largest absolute Gasteiger partial charge is 0.466 e. The van der Waals surface area contributed by atoms with E-state index in [0.717, 1.165) is 57.8 Å². The summed E-state index contributed by atoms with van der Waals surface area (Å²) in [6, 6.07) is -0.644. The van der Waals surface area contributed by atoms with Crippen LogP contribution >= 0.6 is 0 Å². The van der Waals surface area contributed by atoms with Gasteiger partial charge in [-0.2, -0.15) is 0 Å². The van der Waals surface area contributed by atoms with E-state index >= 15 is 0 Å². The van der Waals surface area contributed by atoms with Crippen LogP contribution in [-0.2, 0) is 14.3 Å². The van der Waals surface area contributed by atoms with Crippen LogP contribution in [0.1, 0.15) is 264 Å². The summed E-state index contributed by atoms with van der Waals surface area (Å²) >= 11 is 0. The molecule has 0 fully saturated rings. The van der Waals surface area contributed by atoms with Gasteiger partial charge in [-0.3, -0.25) is 9.59 Å². The number of rotatable bonds is 46. The Morgan fingerprint density at radius 2 is 0.825 bits per heavy atom. The van der Waals surface area contributed by atoms with Crippen molar-refractivity contribution in [2.75, 3.05) is 13.2 Å². The number of allylic oxidation sites excluding steroid dienone is 3. The molecule has 57 heavy (non-hydrogen) atoms. The van der Waals surface area contributed by atoms with Gasteiger partial charge in [0.2, 0.25) is 5.91 Å². The molecule has 0 heterocycles. The van der Waals surface area contributed by atoms with Crippen molar-refractivity contribution in [1.82, 2.24) is 5.32 Å². The van der Waals surface area contributed by atoms with Crippen molar-refractivity contribution < 1.29 is 24.5 Å². The number of hydrogen-bond donors (Lipinski definition) is 3.